The largest absolute Gasteiger partial charge is 0.298 e. The highest BCUT2D eigenvalue weighted by Gasteiger charge is 2.48. The number of nitrogens with zero attached hydrogens (tertiary/aromatic N) is 2. The molecule has 3 nitrogen and oxygen atoms in total. The third kappa shape index (κ3) is 1.61. The normalized spacial score (nSPS) is 21.2. The molecule has 1 aromatic carbocycles. The number of rotatable bonds is 2. The summed E-state index contributed by atoms with van der Waals surface area (Å²) in [6.45, 7) is 1.82. The number of aldehydes is 1. The molecule has 1 aromatic rings. The lowest BCUT2D eigenvalue weighted by Gasteiger charge is -2.23. The zero-order chi connectivity index (χ0) is 13.2. The number of carbonyl (C=O) groups excluding carboxylic acids is 1. The maximum atomic E-state index is 11.2. The summed E-state index contributed by atoms with van der Waals surface area (Å²) in [6.07, 6.45) is 1.12. The summed E-state index contributed by atoms with van der Waals surface area (Å²) in [6, 6.07) is 13.5. The molecule has 1 aliphatic rings. The first-order valence-corrected chi connectivity index (χ1v) is 5.71. The van der Waals surface area contributed by atoms with Crippen LogP contribution in [0.25, 0.3) is 0 Å². The number of nitriles is 2. The summed E-state index contributed by atoms with van der Waals surface area (Å²) in [5.74, 6) is -0.439. The molecule has 1 atom stereocenters. The number of hydrogen-bond donors (Lipinski definition) is 0. The fourth-order valence-electron chi connectivity index (χ4n) is 2.65. The molecule has 0 fully saturated rings. The Kier molecular flexibility index (Phi) is 3.00. The van der Waals surface area contributed by atoms with Gasteiger partial charge in [0.2, 0.25) is 0 Å². The zero-order valence-electron chi connectivity index (χ0n) is 10.1. The number of carbonyl (C=O) groups is 1. The SMILES string of the molecule is CC1=C(C=O)[C@@H](c2ccccc2)C(C#N)(C#N)C1. The van der Waals surface area contributed by atoms with Gasteiger partial charge in [0.15, 0.2) is 5.41 Å². The summed E-state index contributed by atoms with van der Waals surface area (Å²) < 4.78 is 0. The molecule has 0 amide bonds. The van der Waals surface area contributed by atoms with Gasteiger partial charge in [0.05, 0.1) is 12.1 Å². The Morgan fingerprint density at radius 3 is 2.39 bits per heavy atom. The summed E-state index contributed by atoms with van der Waals surface area (Å²) in [5, 5.41) is 18.7. The second-order valence-electron chi connectivity index (χ2n) is 4.57. The second-order valence-corrected chi connectivity index (χ2v) is 4.57. The van der Waals surface area contributed by atoms with Gasteiger partial charge in [-0.2, -0.15) is 10.5 Å². The van der Waals surface area contributed by atoms with E-state index in [0.717, 1.165) is 17.4 Å². The first kappa shape index (κ1) is 12.1. The van der Waals surface area contributed by atoms with Crippen molar-refractivity contribution < 1.29 is 4.79 Å². The topological polar surface area (TPSA) is 64.7 Å². The third-order valence-corrected chi connectivity index (χ3v) is 3.50. The van der Waals surface area contributed by atoms with Crippen LogP contribution in [0.1, 0.15) is 24.8 Å². The minimum absolute atomic E-state index is 0.341. The van der Waals surface area contributed by atoms with Crippen LogP contribution in [0.2, 0.25) is 0 Å². The summed E-state index contributed by atoms with van der Waals surface area (Å²) in [5.41, 5.74) is 1.10. The van der Waals surface area contributed by atoms with Crippen molar-refractivity contribution in [1.29, 1.82) is 10.5 Å². The summed E-state index contributed by atoms with van der Waals surface area (Å²) in [4.78, 5) is 11.2. The molecule has 0 aliphatic heterocycles. The van der Waals surface area contributed by atoms with Gasteiger partial charge in [-0.25, -0.2) is 0 Å². The standard InChI is InChI=1S/C15H12N2O/c1-11-7-15(9-16,10-17)14(13(11)8-18)12-5-3-2-4-6-12/h2-6,8,14H,7H2,1H3/t14-/m1/s1. The predicted molar refractivity (Wildman–Crippen MR) is 66.2 cm³/mol. The van der Waals surface area contributed by atoms with E-state index in [1.165, 1.54) is 0 Å². The smallest absolute Gasteiger partial charge is 0.158 e. The average Bonchev–Trinajstić information content (AvgIpc) is 2.72. The van der Waals surface area contributed by atoms with E-state index in [0.29, 0.717) is 12.0 Å². The van der Waals surface area contributed by atoms with Crippen LogP contribution in [-0.2, 0) is 4.79 Å². The minimum Gasteiger partial charge on any atom is -0.298 e. The quantitative estimate of drug-likeness (QED) is 0.741. The highest BCUT2D eigenvalue weighted by Crippen LogP contribution is 2.51. The van der Waals surface area contributed by atoms with Gasteiger partial charge in [-0.15, -0.1) is 0 Å². The van der Waals surface area contributed by atoms with Crippen molar-refractivity contribution in [2.24, 2.45) is 5.41 Å². The van der Waals surface area contributed by atoms with E-state index in [1.807, 2.05) is 37.3 Å². The van der Waals surface area contributed by atoms with Gasteiger partial charge < -0.3 is 0 Å². The second kappa shape index (κ2) is 4.47. The molecular formula is C15H12N2O. The van der Waals surface area contributed by atoms with E-state index >= 15 is 0 Å². The van der Waals surface area contributed by atoms with Crippen LogP contribution in [0, 0.1) is 28.1 Å². The van der Waals surface area contributed by atoms with Crippen LogP contribution in [0.15, 0.2) is 41.5 Å². The minimum atomic E-state index is -1.15. The molecule has 0 saturated heterocycles. The first-order chi connectivity index (χ1) is 8.68. The molecule has 0 saturated carbocycles. The van der Waals surface area contributed by atoms with Crippen molar-refractivity contribution >= 4 is 6.29 Å². The molecule has 0 bridgehead atoms. The average molecular weight is 236 g/mol. The molecule has 3 heteroatoms. The van der Waals surface area contributed by atoms with Gasteiger partial charge in [-0.1, -0.05) is 35.9 Å². The van der Waals surface area contributed by atoms with Gasteiger partial charge in [0.1, 0.15) is 6.29 Å². The van der Waals surface area contributed by atoms with Crippen LogP contribution < -0.4 is 0 Å². The van der Waals surface area contributed by atoms with Crippen LogP contribution in [0.4, 0.5) is 0 Å². The van der Waals surface area contributed by atoms with Crippen molar-refractivity contribution in [3.63, 3.8) is 0 Å². The lowest BCUT2D eigenvalue weighted by atomic mass is 9.74. The van der Waals surface area contributed by atoms with Gasteiger partial charge in [0, 0.05) is 17.9 Å². The Bertz CT molecular complexity index is 573. The molecule has 18 heavy (non-hydrogen) atoms. The Morgan fingerprint density at radius 2 is 1.89 bits per heavy atom. The summed E-state index contributed by atoms with van der Waals surface area (Å²) in [7, 11) is 0. The lowest BCUT2D eigenvalue weighted by Crippen LogP contribution is -2.22. The molecule has 2 rings (SSSR count). The highest BCUT2D eigenvalue weighted by atomic mass is 16.1. The first-order valence-electron chi connectivity index (χ1n) is 5.71. The van der Waals surface area contributed by atoms with E-state index in [9.17, 15) is 15.3 Å². The van der Waals surface area contributed by atoms with E-state index in [-0.39, 0.29) is 0 Å². The van der Waals surface area contributed by atoms with Crippen molar-refractivity contribution in [1.82, 2.24) is 0 Å². The summed E-state index contributed by atoms with van der Waals surface area (Å²) >= 11 is 0. The molecule has 88 valence electrons. The maximum absolute atomic E-state index is 11.2. The third-order valence-electron chi connectivity index (χ3n) is 3.50. The highest BCUT2D eigenvalue weighted by molar-refractivity contribution is 5.80. The monoisotopic (exact) mass is 236 g/mol. The van der Waals surface area contributed by atoms with Gasteiger partial charge in [-0.05, 0) is 12.5 Å². The Morgan fingerprint density at radius 1 is 1.28 bits per heavy atom. The van der Waals surface area contributed by atoms with Crippen molar-refractivity contribution in [3.05, 3.63) is 47.0 Å². The van der Waals surface area contributed by atoms with Crippen molar-refractivity contribution in [2.75, 3.05) is 0 Å². The maximum Gasteiger partial charge on any atom is 0.158 e. The zero-order valence-corrected chi connectivity index (χ0v) is 10.1. The fraction of sp³-hybridized carbons (Fsp3) is 0.267. The van der Waals surface area contributed by atoms with Crippen LogP contribution in [-0.4, -0.2) is 6.29 Å². The van der Waals surface area contributed by atoms with Crippen LogP contribution in [0.5, 0.6) is 0 Å². The van der Waals surface area contributed by atoms with Crippen LogP contribution >= 0.6 is 0 Å². The van der Waals surface area contributed by atoms with E-state index < -0.39 is 11.3 Å². The van der Waals surface area contributed by atoms with E-state index in [2.05, 4.69) is 12.1 Å². The van der Waals surface area contributed by atoms with E-state index in [1.54, 1.807) is 0 Å². The Balaban J connectivity index is 2.62. The molecular weight excluding hydrogens is 224 g/mol. The Hall–Kier alpha value is -2.39. The molecule has 0 radical (unpaired) electrons. The van der Waals surface area contributed by atoms with Gasteiger partial charge >= 0.3 is 0 Å². The van der Waals surface area contributed by atoms with E-state index in [4.69, 9.17) is 0 Å². The number of allylic oxidation sites excluding steroid dienone is 2. The molecule has 0 spiro atoms. The molecule has 0 unspecified atom stereocenters. The predicted octanol–water partition coefficient (Wildman–Crippen LogP) is 2.72. The number of hydrogen-bond acceptors (Lipinski definition) is 3. The Labute approximate surface area is 106 Å². The molecule has 0 aromatic heterocycles. The molecule has 0 N–H and O–H groups in total. The fourth-order valence-corrected chi connectivity index (χ4v) is 2.65. The lowest BCUT2D eigenvalue weighted by molar-refractivity contribution is -0.105. The van der Waals surface area contributed by atoms with Crippen molar-refractivity contribution in [2.45, 2.75) is 19.3 Å². The van der Waals surface area contributed by atoms with Gasteiger partial charge in [0.25, 0.3) is 0 Å². The molecule has 1 aliphatic carbocycles. The van der Waals surface area contributed by atoms with Crippen LogP contribution in [0.3, 0.4) is 0 Å². The number of benzene rings is 1. The van der Waals surface area contributed by atoms with Gasteiger partial charge in [-0.3, -0.25) is 4.79 Å². The molecule has 0 heterocycles. The van der Waals surface area contributed by atoms with Crippen molar-refractivity contribution in [3.8, 4) is 12.1 Å².